The van der Waals surface area contributed by atoms with Gasteiger partial charge in [0.2, 0.25) is 0 Å². The summed E-state index contributed by atoms with van der Waals surface area (Å²) < 4.78 is 49.9. The Kier molecular flexibility index (Phi) is 2.93. The number of nitrogens with zero attached hydrogens (tertiary/aromatic N) is 3. The Morgan fingerprint density at radius 1 is 1.44 bits per heavy atom. The first-order chi connectivity index (χ1) is 8.40. The molecule has 0 bridgehead atoms. The van der Waals surface area contributed by atoms with Gasteiger partial charge in [0.05, 0.1) is 6.54 Å². The van der Waals surface area contributed by atoms with E-state index in [0.717, 1.165) is 4.52 Å². The molecule has 0 aliphatic carbocycles. The third kappa shape index (κ3) is 2.26. The molecule has 0 spiro atoms. The Morgan fingerprint density at radius 3 is 2.83 bits per heavy atom. The maximum Gasteiger partial charge on any atom is 0.364 e. The molecule has 6 nitrogen and oxygen atoms in total. The Hall–Kier alpha value is -2.13. The quantitative estimate of drug-likeness (QED) is 0.799. The van der Waals surface area contributed by atoms with E-state index < -0.39 is 24.6 Å². The average Bonchev–Trinajstić information content (AvgIpc) is 2.68. The zero-order chi connectivity index (χ0) is 13.3. The van der Waals surface area contributed by atoms with E-state index in [-0.39, 0.29) is 11.5 Å². The highest BCUT2D eigenvalue weighted by Gasteiger charge is 2.40. The Morgan fingerprint density at radius 2 is 2.17 bits per heavy atom. The molecule has 0 saturated carbocycles. The van der Waals surface area contributed by atoms with E-state index >= 15 is 0 Å². The standard InChI is InChI=1S/C8H7F4N5O/c9-6(10)8(11,12)3-13-4-1-2-5-14-15-7(18)17(5)16-4/h1-2,6H,3H2,(H,13,16)(H,15,18). The summed E-state index contributed by atoms with van der Waals surface area (Å²) in [5, 5.41) is 11.3. The highest BCUT2D eigenvalue weighted by atomic mass is 19.3. The second kappa shape index (κ2) is 4.27. The zero-order valence-corrected chi connectivity index (χ0v) is 8.70. The summed E-state index contributed by atoms with van der Waals surface area (Å²) in [5.74, 6) is -4.30. The van der Waals surface area contributed by atoms with Crippen LogP contribution in [0.25, 0.3) is 5.65 Å². The highest BCUT2D eigenvalue weighted by molar-refractivity contribution is 5.43. The van der Waals surface area contributed by atoms with Crippen LogP contribution in [0.15, 0.2) is 16.9 Å². The SMILES string of the molecule is O=c1[nH]nc2ccc(NCC(F)(F)C(F)F)nn12. The van der Waals surface area contributed by atoms with Crippen molar-refractivity contribution < 1.29 is 17.6 Å². The van der Waals surface area contributed by atoms with Gasteiger partial charge in [0.15, 0.2) is 5.65 Å². The summed E-state index contributed by atoms with van der Waals surface area (Å²) in [5.41, 5.74) is -0.472. The topological polar surface area (TPSA) is 75.1 Å². The molecule has 2 rings (SSSR count). The first-order valence-electron chi connectivity index (χ1n) is 4.74. The molecule has 2 aromatic rings. The van der Waals surface area contributed by atoms with E-state index in [4.69, 9.17) is 0 Å². The van der Waals surface area contributed by atoms with Crippen LogP contribution in [-0.2, 0) is 0 Å². The van der Waals surface area contributed by atoms with Gasteiger partial charge in [-0.3, -0.25) is 0 Å². The molecule has 0 atom stereocenters. The normalized spacial score (nSPS) is 12.3. The van der Waals surface area contributed by atoms with E-state index in [1.54, 1.807) is 0 Å². The Balaban J connectivity index is 2.17. The van der Waals surface area contributed by atoms with Gasteiger partial charge in [-0.25, -0.2) is 18.7 Å². The van der Waals surface area contributed by atoms with Gasteiger partial charge in [0, 0.05) is 0 Å². The van der Waals surface area contributed by atoms with E-state index in [2.05, 4.69) is 15.3 Å². The van der Waals surface area contributed by atoms with Gasteiger partial charge in [0.1, 0.15) is 5.82 Å². The van der Waals surface area contributed by atoms with Crippen molar-refractivity contribution in [3.63, 3.8) is 0 Å². The van der Waals surface area contributed by atoms with Crippen LogP contribution in [0.4, 0.5) is 23.4 Å². The number of anilines is 1. The number of rotatable bonds is 4. The number of H-pyrrole nitrogens is 1. The molecule has 0 amide bonds. The molecule has 2 aromatic heterocycles. The molecule has 18 heavy (non-hydrogen) atoms. The van der Waals surface area contributed by atoms with E-state index in [1.807, 2.05) is 5.32 Å². The lowest BCUT2D eigenvalue weighted by atomic mass is 10.3. The van der Waals surface area contributed by atoms with Crippen LogP contribution in [-0.4, -0.2) is 38.7 Å². The lowest BCUT2D eigenvalue weighted by Crippen LogP contribution is -2.35. The van der Waals surface area contributed by atoms with Crippen molar-refractivity contribution in [3.8, 4) is 0 Å². The Bertz CT molecular complexity index is 607. The Labute approximate surface area is 96.6 Å². The second-order valence-corrected chi connectivity index (χ2v) is 3.43. The molecule has 0 saturated heterocycles. The maximum atomic E-state index is 12.6. The molecule has 2 N–H and O–H groups in total. The van der Waals surface area contributed by atoms with Gasteiger partial charge < -0.3 is 5.32 Å². The summed E-state index contributed by atoms with van der Waals surface area (Å²) in [6.07, 6.45) is -3.77. The summed E-state index contributed by atoms with van der Waals surface area (Å²) >= 11 is 0. The van der Waals surface area contributed by atoms with Crippen LogP contribution in [0.5, 0.6) is 0 Å². The van der Waals surface area contributed by atoms with Gasteiger partial charge in [-0.05, 0) is 12.1 Å². The van der Waals surface area contributed by atoms with Crippen LogP contribution in [0.2, 0.25) is 0 Å². The predicted octanol–water partition coefficient (Wildman–Crippen LogP) is 0.730. The highest BCUT2D eigenvalue weighted by Crippen LogP contribution is 2.22. The summed E-state index contributed by atoms with van der Waals surface area (Å²) in [6, 6.07) is 2.57. The number of aromatic amines is 1. The number of fused-ring (bicyclic) bond motifs is 1. The molecule has 10 heteroatoms. The van der Waals surface area contributed by atoms with E-state index in [1.165, 1.54) is 12.1 Å². The van der Waals surface area contributed by atoms with Crippen molar-refractivity contribution in [1.82, 2.24) is 19.8 Å². The number of halogens is 4. The van der Waals surface area contributed by atoms with Gasteiger partial charge >= 0.3 is 18.0 Å². The van der Waals surface area contributed by atoms with Crippen LogP contribution in [0.3, 0.4) is 0 Å². The fourth-order valence-electron chi connectivity index (χ4n) is 1.18. The van der Waals surface area contributed by atoms with Crippen LogP contribution >= 0.6 is 0 Å². The van der Waals surface area contributed by atoms with Crippen molar-refractivity contribution in [1.29, 1.82) is 0 Å². The predicted molar refractivity (Wildman–Crippen MR) is 53.0 cm³/mol. The number of nitrogens with one attached hydrogen (secondary N) is 2. The number of alkyl halides is 4. The molecule has 0 fully saturated rings. The van der Waals surface area contributed by atoms with Crippen LogP contribution < -0.4 is 11.0 Å². The van der Waals surface area contributed by atoms with E-state index in [9.17, 15) is 22.4 Å². The van der Waals surface area contributed by atoms with Gasteiger partial charge in [0.25, 0.3) is 0 Å². The summed E-state index contributed by atoms with van der Waals surface area (Å²) in [6.45, 7) is -1.28. The summed E-state index contributed by atoms with van der Waals surface area (Å²) in [4.78, 5) is 11.1. The summed E-state index contributed by atoms with van der Waals surface area (Å²) in [7, 11) is 0. The van der Waals surface area contributed by atoms with Crippen molar-refractivity contribution in [3.05, 3.63) is 22.6 Å². The molecule has 0 unspecified atom stereocenters. The minimum absolute atomic E-state index is 0.133. The second-order valence-electron chi connectivity index (χ2n) is 3.43. The smallest absolute Gasteiger partial charge is 0.362 e. The average molecular weight is 265 g/mol. The minimum Gasteiger partial charge on any atom is -0.362 e. The maximum absolute atomic E-state index is 12.6. The first kappa shape index (κ1) is 12.3. The number of hydrogen-bond donors (Lipinski definition) is 2. The number of hydrogen-bond acceptors (Lipinski definition) is 4. The van der Waals surface area contributed by atoms with E-state index in [0.29, 0.717) is 0 Å². The third-order valence-electron chi connectivity index (χ3n) is 2.10. The fourth-order valence-corrected chi connectivity index (χ4v) is 1.18. The van der Waals surface area contributed by atoms with Crippen LogP contribution in [0.1, 0.15) is 0 Å². The third-order valence-corrected chi connectivity index (χ3v) is 2.10. The van der Waals surface area contributed by atoms with Crippen LogP contribution in [0, 0.1) is 0 Å². The molecule has 0 aliphatic rings. The molecule has 98 valence electrons. The number of aromatic nitrogens is 4. The van der Waals surface area contributed by atoms with Crippen molar-refractivity contribution >= 4 is 11.5 Å². The lowest BCUT2D eigenvalue weighted by molar-refractivity contribution is -0.117. The van der Waals surface area contributed by atoms with Crippen molar-refractivity contribution in [2.45, 2.75) is 12.3 Å². The fraction of sp³-hybridized carbons (Fsp3) is 0.375. The minimum atomic E-state index is -4.17. The van der Waals surface area contributed by atoms with Gasteiger partial charge in [-0.15, -0.1) is 5.10 Å². The molecule has 0 aromatic carbocycles. The van der Waals surface area contributed by atoms with Gasteiger partial charge in [-0.1, -0.05) is 0 Å². The lowest BCUT2D eigenvalue weighted by Gasteiger charge is -2.15. The first-order valence-corrected chi connectivity index (χ1v) is 4.74. The van der Waals surface area contributed by atoms with Crippen molar-refractivity contribution in [2.24, 2.45) is 0 Å². The molecule has 0 radical (unpaired) electrons. The monoisotopic (exact) mass is 265 g/mol. The molecule has 2 heterocycles. The molecular formula is C8H7F4N5O. The zero-order valence-electron chi connectivity index (χ0n) is 8.70. The molecule has 0 aliphatic heterocycles. The van der Waals surface area contributed by atoms with Gasteiger partial charge in [-0.2, -0.15) is 18.4 Å². The van der Waals surface area contributed by atoms with Crippen molar-refractivity contribution in [2.75, 3.05) is 11.9 Å². The largest absolute Gasteiger partial charge is 0.364 e. The molecular weight excluding hydrogens is 258 g/mol.